The second-order valence-electron chi connectivity index (χ2n) is 6.06. The average Bonchev–Trinajstić information content (AvgIpc) is 3.29. The van der Waals surface area contributed by atoms with Gasteiger partial charge in [0.1, 0.15) is 11.8 Å². The molecule has 1 aliphatic heterocycles. The van der Waals surface area contributed by atoms with Crippen LogP contribution in [0.5, 0.6) is 11.5 Å². The minimum atomic E-state index is -0.844. The number of benzene rings is 1. The van der Waals surface area contributed by atoms with Gasteiger partial charge in [-0.05, 0) is 38.1 Å². The van der Waals surface area contributed by atoms with Crippen molar-refractivity contribution in [3.05, 3.63) is 52.5 Å². The SMILES string of the molecule is Cc1cc(NC(=O)C(C)n2nc(-c3ccc4c(c3)OCO4)ccc2=O)no1. The highest BCUT2D eigenvalue weighted by Gasteiger charge is 2.20. The molecule has 0 bridgehead atoms. The zero-order valence-corrected chi connectivity index (χ0v) is 14.6. The summed E-state index contributed by atoms with van der Waals surface area (Å²) in [5.41, 5.74) is 0.885. The van der Waals surface area contributed by atoms with Crippen LogP contribution in [0.25, 0.3) is 11.3 Å². The van der Waals surface area contributed by atoms with Crippen LogP contribution >= 0.6 is 0 Å². The fourth-order valence-corrected chi connectivity index (χ4v) is 2.68. The van der Waals surface area contributed by atoms with E-state index in [9.17, 15) is 9.59 Å². The number of aryl methyl sites for hydroxylation is 1. The van der Waals surface area contributed by atoms with Gasteiger partial charge in [-0.1, -0.05) is 5.16 Å². The second kappa shape index (κ2) is 6.60. The van der Waals surface area contributed by atoms with Gasteiger partial charge in [-0.15, -0.1) is 0 Å². The molecule has 1 aromatic carbocycles. The van der Waals surface area contributed by atoms with E-state index >= 15 is 0 Å². The lowest BCUT2D eigenvalue weighted by Crippen LogP contribution is -2.33. The number of nitrogens with one attached hydrogen (secondary N) is 1. The molecule has 3 aromatic rings. The number of aromatic nitrogens is 3. The first-order chi connectivity index (χ1) is 13.0. The van der Waals surface area contributed by atoms with Crippen LogP contribution in [0, 0.1) is 6.92 Å². The molecule has 1 N–H and O–H groups in total. The summed E-state index contributed by atoms with van der Waals surface area (Å²) >= 11 is 0. The first-order valence-corrected chi connectivity index (χ1v) is 8.25. The second-order valence-corrected chi connectivity index (χ2v) is 6.06. The highest BCUT2D eigenvalue weighted by atomic mass is 16.7. The van der Waals surface area contributed by atoms with Gasteiger partial charge in [-0.2, -0.15) is 5.10 Å². The van der Waals surface area contributed by atoms with Crippen molar-refractivity contribution in [2.24, 2.45) is 0 Å². The van der Waals surface area contributed by atoms with Crippen molar-refractivity contribution in [3.63, 3.8) is 0 Å². The Labute approximate surface area is 153 Å². The maximum absolute atomic E-state index is 12.4. The summed E-state index contributed by atoms with van der Waals surface area (Å²) in [4.78, 5) is 24.7. The molecule has 1 aliphatic rings. The van der Waals surface area contributed by atoms with Gasteiger partial charge < -0.3 is 19.3 Å². The minimum absolute atomic E-state index is 0.171. The first kappa shape index (κ1) is 16.8. The number of rotatable bonds is 4. The Morgan fingerprint density at radius 3 is 2.78 bits per heavy atom. The third-order valence-electron chi connectivity index (χ3n) is 4.12. The van der Waals surface area contributed by atoms with Gasteiger partial charge in [0.15, 0.2) is 17.3 Å². The molecule has 27 heavy (non-hydrogen) atoms. The van der Waals surface area contributed by atoms with E-state index in [-0.39, 0.29) is 12.6 Å². The molecule has 0 fully saturated rings. The summed E-state index contributed by atoms with van der Waals surface area (Å²) in [5, 5.41) is 10.7. The summed E-state index contributed by atoms with van der Waals surface area (Å²) in [7, 11) is 0. The van der Waals surface area contributed by atoms with Crippen LogP contribution in [-0.2, 0) is 4.79 Å². The van der Waals surface area contributed by atoms with Crippen LogP contribution in [0.1, 0.15) is 18.7 Å². The smallest absolute Gasteiger partial charge is 0.267 e. The number of carbonyl (C=O) groups is 1. The first-order valence-electron chi connectivity index (χ1n) is 8.25. The number of anilines is 1. The average molecular weight is 368 g/mol. The van der Waals surface area contributed by atoms with Gasteiger partial charge in [0, 0.05) is 17.7 Å². The van der Waals surface area contributed by atoms with E-state index in [0.29, 0.717) is 23.0 Å². The predicted octanol–water partition coefficient (Wildman–Crippen LogP) is 2.14. The van der Waals surface area contributed by atoms with Crippen molar-refractivity contribution in [3.8, 4) is 22.8 Å². The van der Waals surface area contributed by atoms with Crippen LogP contribution in [0.15, 0.2) is 45.7 Å². The van der Waals surface area contributed by atoms with E-state index < -0.39 is 17.5 Å². The Bertz CT molecular complexity index is 1070. The summed E-state index contributed by atoms with van der Waals surface area (Å²) in [6.07, 6.45) is 0. The highest BCUT2D eigenvalue weighted by molar-refractivity contribution is 5.92. The monoisotopic (exact) mass is 368 g/mol. The van der Waals surface area contributed by atoms with Crippen molar-refractivity contribution in [1.82, 2.24) is 14.9 Å². The molecule has 1 atom stereocenters. The predicted molar refractivity (Wildman–Crippen MR) is 94.6 cm³/mol. The van der Waals surface area contributed by atoms with Crippen molar-refractivity contribution >= 4 is 11.7 Å². The molecule has 0 radical (unpaired) electrons. The molecular formula is C18H16N4O5. The molecular weight excluding hydrogens is 352 g/mol. The summed E-state index contributed by atoms with van der Waals surface area (Å²) in [6, 6.07) is 9.08. The number of amides is 1. The van der Waals surface area contributed by atoms with Crippen molar-refractivity contribution in [2.75, 3.05) is 12.1 Å². The molecule has 0 saturated carbocycles. The fourth-order valence-electron chi connectivity index (χ4n) is 2.68. The number of carbonyl (C=O) groups excluding carboxylic acids is 1. The Morgan fingerprint density at radius 2 is 2.00 bits per heavy atom. The Morgan fingerprint density at radius 1 is 1.19 bits per heavy atom. The maximum Gasteiger partial charge on any atom is 0.267 e. The number of hydrogen-bond acceptors (Lipinski definition) is 7. The van der Waals surface area contributed by atoms with E-state index in [1.54, 1.807) is 38.1 Å². The Kier molecular flexibility index (Phi) is 4.11. The van der Waals surface area contributed by atoms with Gasteiger partial charge in [-0.3, -0.25) is 9.59 Å². The van der Waals surface area contributed by atoms with Gasteiger partial charge in [-0.25, -0.2) is 4.68 Å². The standard InChI is InChI=1S/C18H16N4O5/c1-10-7-16(21-27-10)19-18(24)11(2)22-17(23)6-4-13(20-22)12-3-5-14-15(8-12)26-9-25-14/h3-8,11H,9H2,1-2H3,(H,19,21,24). The van der Waals surface area contributed by atoms with Crippen LogP contribution in [0.2, 0.25) is 0 Å². The molecule has 4 rings (SSSR count). The third-order valence-corrected chi connectivity index (χ3v) is 4.12. The number of ether oxygens (including phenoxy) is 2. The number of hydrogen-bond donors (Lipinski definition) is 1. The third kappa shape index (κ3) is 3.26. The Balaban J connectivity index is 1.62. The topological polar surface area (TPSA) is 108 Å². The zero-order valence-electron chi connectivity index (χ0n) is 14.6. The summed E-state index contributed by atoms with van der Waals surface area (Å²) < 4.78 is 16.7. The van der Waals surface area contributed by atoms with E-state index in [1.165, 1.54) is 6.07 Å². The van der Waals surface area contributed by atoms with E-state index in [0.717, 1.165) is 10.2 Å². The quantitative estimate of drug-likeness (QED) is 0.751. The van der Waals surface area contributed by atoms with Crippen LogP contribution in [0.4, 0.5) is 5.82 Å². The molecule has 138 valence electrons. The number of nitrogens with zero attached hydrogens (tertiary/aromatic N) is 3. The molecule has 2 aromatic heterocycles. The zero-order chi connectivity index (χ0) is 19.0. The van der Waals surface area contributed by atoms with Gasteiger partial charge in [0.2, 0.25) is 12.7 Å². The van der Waals surface area contributed by atoms with Gasteiger partial charge in [0.05, 0.1) is 5.69 Å². The molecule has 1 amide bonds. The number of fused-ring (bicyclic) bond motifs is 1. The van der Waals surface area contributed by atoms with Crippen LogP contribution < -0.4 is 20.3 Å². The van der Waals surface area contributed by atoms with E-state index in [2.05, 4.69) is 15.6 Å². The van der Waals surface area contributed by atoms with Crippen molar-refractivity contribution in [2.45, 2.75) is 19.9 Å². The van der Waals surface area contributed by atoms with Crippen molar-refractivity contribution < 1.29 is 18.8 Å². The molecule has 9 heteroatoms. The van der Waals surface area contributed by atoms with E-state index in [4.69, 9.17) is 14.0 Å². The molecule has 0 aliphatic carbocycles. The fraction of sp³-hybridized carbons (Fsp3) is 0.222. The lowest BCUT2D eigenvalue weighted by atomic mass is 10.1. The molecule has 9 nitrogen and oxygen atoms in total. The van der Waals surface area contributed by atoms with E-state index in [1.807, 2.05) is 6.07 Å². The molecule has 3 heterocycles. The normalized spacial score (nSPS) is 13.4. The summed E-state index contributed by atoms with van der Waals surface area (Å²) in [5.74, 6) is 1.69. The minimum Gasteiger partial charge on any atom is -0.454 e. The largest absolute Gasteiger partial charge is 0.454 e. The Hall–Kier alpha value is -3.62. The lowest BCUT2D eigenvalue weighted by Gasteiger charge is -2.14. The molecule has 0 spiro atoms. The molecule has 1 unspecified atom stereocenters. The van der Waals surface area contributed by atoms with Crippen molar-refractivity contribution in [1.29, 1.82) is 0 Å². The van der Waals surface area contributed by atoms with Gasteiger partial charge >= 0.3 is 0 Å². The van der Waals surface area contributed by atoms with Crippen LogP contribution in [-0.4, -0.2) is 27.6 Å². The summed E-state index contributed by atoms with van der Waals surface area (Å²) in [6.45, 7) is 3.47. The molecule has 0 saturated heterocycles. The maximum atomic E-state index is 12.4. The van der Waals surface area contributed by atoms with Crippen LogP contribution in [0.3, 0.4) is 0 Å². The lowest BCUT2D eigenvalue weighted by molar-refractivity contribution is -0.119. The van der Waals surface area contributed by atoms with Gasteiger partial charge in [0.25, 0.3) is 5.56 Å². The highest BCUT2D eigenvalue weighted by Crippen LogP contribution is 2.35.